The lowest BCUT2D eigenvalue weighted by molar-refractivity contribution is -0.141. The van der Waals surface area contributed by atoms with Crippen molar-refractivity contribution in [1.29, 1.82) is 0 Å². The average Bonchev–Trinajstić information content (AvgIpc) is 2.82. The van der Waals surface area contributed by atoms with Crippen molar-refractivity contribution in [3.8, 4) is 0 Å². The minimum Gasteiger partial charge on any atom is -0.480 e. The van der Waals surface area contributed by atoms with E-state index in [4.69, 9.17) is 9.52 Å². The maximum Gasteiger partial charge on any atom is 0.326 e. The molecular formula is C12H18N2O4. The number of rotatable bonds is 5. The highest BCUT2D eigenvalue weighted by Gasteiger charge is 2.25. The van der Waals surface area contributed by atoms with Gasteiger partial charge >= 0.3 is 12.0 Å². The second-order valence-electron chi connectivity index (χ2n) is 4.06. The highest BCUT2D eigenvalue weighted by molar-refractivity contribution is 5.82. The third kappa shape index (κ3) is 3.26. The van der Waals surface area contributed by atoms with Crippen molar-refractivity contribution in [3.05, 3.63) is 24.2 Å². The molecular weight excluding hydrogens is 236 g/mol. The zero-order chi connectivity index (χ0) is 13.7. The summed E-state index contributed by atoms with van der Waals surface area (Å²) in [7, 11) is 1.46. The first-order chi connectivity index (χ1) is 8.47. The smallest absolute Gasteiger partial charge is 0.326 e. The van der Waals surface area contributed by atoms with E-state index in [9.17, 15) is 9.59 Å². The Hall–Kier alpha value is -1.98. The standard InChI is InChI=1S/C12H18N2O4/c1-4-9(11(15)16)14(3)12(17)13-8(2)10-6-5-7-18-10/h5-9H,4H2,1-3H3,(H,13,17)(H,15,16). The van der Waals surface area contributed by atoms with E-state index in [1.54, 1.807) is 26.0 Å². The van der Waals surface area contributed by atoms with Crippen LogP contribution < -0.4 is 5.32 Å². The summed E-state index contributed by atoms with van der Waals surface area (Å²) in [5.41, 5.74) is 0. The van der Waals surface area contributed by atoms with Gasteiger partial charge in [-0.2, -0.15) is 0 Å². The predicted octanol–water partition coefficient (Wildman–Crippen LogP) is 1.85. The number of likely N-dealkylation sites (N-methyl/N-ethyl adjacent to an activating group) is 1. The van der Waals surface area contributed by atoms with Gasteiger partial charge in [0, 0.05) is 7.05 Å². The topological polar surface area (TPSA) is 82.8 Å². The Labute approximate surface area is 106 Å². The molecule has 0 aliphatic rings. The van der Waals surface area contributed by atoms with E-state index in [0.29, 0.717) is 12.2 Å². The molecule has 0 radical (unpaired) electrons. The number of nitrogens with zero attached hydrogens (tertiary/aromatic N) is 1. The number of urea groups is 1. The van der Waals surface area contributed by atoms with Crippen molar-refractivity contribution >= 4 is 12.0 Å². The van der Waals surface area contributed by atoms with E-state index in [-0.39, 0.29) is 6.04 Å². The highest BCUT2D eigenvalue weighted by Crippen LogP contribution is 2.13. The summed E-state index contributed by atoms with van der Waals surface area (Å²) < 4.78 is 5.16. The first-order valence-electron chi connectivity index (χ1n) is 5.76. The van der Waals surface area contributed by atoms with Gasteiger partial charge in [0.2, 0.25) is 0 Å². The number of carboxylic acid groups (broad SMARTS) is 1. The Balaban J connectivity index is 2.62. The van der Waals surface area contributed by atoms with Crippen LogP contribution in [0.4, 0.5) is 4.79 Å². The van der Waals surface area contributed by atoms with Gasteiger partial charge < -0.3 is 19.7 Å². The van der Waals surface area contributed by atoms with Crippen LogP contribution in [0.3, 0.4) is 0 Å². The summed E-state index contributed by atoms with van der Waals surface area (Å²) >= 11 is 0. The molecule has 0 aromatic carbocycles. The van der Waals surface area contributed by atoms with Crippen molar-refractivity contribution in [3.63, 3.8) is 0 Å². The van der Waals surface area contributed by atoms with Gasteiger partial charge in [-0.3, -0.25) is 0 Å². The van der Waals surface area contributed by atoms with E-state index in [2.05, 4.69) is 5.32 Å². The molecule has 6 heteroatoms. The number of hydrogen-bond donors (Lipinski definition) is 2. The molecule has 2 atom stereocenters. The minimum absolute atomic E-state index is 0.304. The van der Waals surface area contributed by atoms with Gasteiger partial charge in [-0.25, -0.2) is 9.59 Å². The molecule has 2 unspecified atom stereocenters. The Morgan fingerprint density at radius 3 is 2.67 bits per heavy atom. The average molecular weight is 254 g/mol. The van der Waals surface area contributed by atoms with Crippen LogP contribution in [0.2, 0.25) is 0 Å². The number of amides is 2. The molecule has 1 heterocycles. The SMILES string of the molecule is CCC(C(=O)O)N(C)C(=O)NC(C)c1ccco1. The summed E-state index contributed by atoms with van der Waals surface area (Å²) in [5.74, 6) is -0.388. The van der Waals surface area contributed by atoms with E-state index in [1.165, 1.54) is 18.2 Å². The van der Waals surface area contributed by atoms with E-state index in [0.717, 1.165) is 0 Å². The zero-order valence-corrected chi connectivity index (χ0v) is 10.7. The predicted molar refractivity (Wildman–Crippen MR) is 65.1 cm³/mol. The van der Waals surface area contributed by atoms with Crippen LogP contribution in [0.15, 0.2) is 22.8 Å². The molecule has 2 amide bonds. The maximum absolute atomic E-state index is 11.9. The summed E-state index contributed by atoms with van der Waals surface area (Å²) in [6.07, 6.45) is 1.88. The third-order valence-corrected chi connectivity index (χ3v) is 2.77. The third-order valence-electron chi connectivity index (χ3n) is 2.77. The van der Waals surface area contributed by atoms with E-state index < -0.39 is 18.0 Å². The molecule has 6 nitrogen and oxygen atoms in total. The number of carboxylic acids is 1. The molecule has 0 aliphatic carbocycles. The van der Waals surface area contributed by atoms with Gasteiger partial charge in [0.05, 0.1) is 12.3 Å². The quantitative estimate of drug-likeness (QED) is 0.840. The van der Waals surface area contributed by atoms with Crippen molar-refractivity contribution in [2.75, 3.05) is 7.05 Å². The number of aliphatic carboxylic acids is 1. The van der Waals surface area contributed by atoms with Crippen LogP contribution in [-0.2, 0) is 4.79 Å². The Morgan fingerprint density at radius 1 is 1.56 bits per heavy atom. The van der Waals surface area contributed by atoms with E-state index >= 15 is 0 Å². The van der Waals surface area contributed by atoms with Gasteiger partial charge in [0.1, 0.15) is 11.8 Å². The van der Waals surface area contributed by atoms with E-state index in [1.807, 2.05) is 0 Å². The molecule has 1 aromatic heterocycles. The van der Waals surface area contributed by atoms with Crippen LogP contribution >= 0.6 is 0 Å². The molecule has 0 saturated carbocycles. The normalized spacial score (nSPS) is 13.7. The molecule has 1 aromatic rings. The van der Waals surface area contributed by atoms with Crippen molar-refractivity contribution in [2.24, 2.45) is 0 Å². The number of carbonyl (C=O) groups excluding carboxylic acids is 1. The lowest BCUT2D eigenvalue weighted by Crippen LogP contribution is -2.47. The Kier molecular flexibility index (Phi) is 4.76. The van der Waals surface area contributed by atoms with Gasteiger partial charge in [0.15, 0.2) is 0 Å². The molecule has 0 aliphatic heterocycles. The second-order valence-corrected chi connectivity index (χ2v) is 4.06. The number of hydrogen-bond acceptors (Lipinski definition) is 3. The fourth-order valence-electron chi connectivity index (χ4n) is 1.65. The molecule has 0 saturated heterocycles. The maximum atomic E-state index is 11.9. The van der Waals surface area contributed by atoms with Crippen LogP contribution in [0.5, 0.6) is 0 Å². The molecule has 0 bridgehead atoms. The lowest BCUT2D eigenvalue weighted by atomic mass is 10.2. The molecule has 18 heavy (non-hydrogen) atoms. The minimum atomic E-state index is -1.01. The summed E-state index contributed by atoms with van der Waals surface area (Å²) in [5, 5.41) is 11.7. The second kappa shape index (κ2) is 6.09. The Morgan fingerprint density at radius 2 is 2.22 bits per heavy atom. The van der Waals surface area contributed by atoms with Crippen molar-refractivity contribution in [1.82, 2.24) is 10.2 Å². The van der Waals surface area contributed by atoms with Crippen molar-refractivity contribution in [2.45, 2.75) is 32.4 Å². The van der Waals surface area contributed by atoms with Gasteiger partial charge in [0.25, 0.3) is 0 Å². The van der Waals surface area contributed by atoms with Gasteiger partial charge in [-0.1, -0.05) is 6.92 Å². The van der Waals surface area contributed by atoms with Crippen LogP contribution in [0.1, 0.15) is 32.1 Å². The summed E-state index contributed by atoms with van der Waals surface area (Å²) in [6.45, 7) is 3.49. The molecule has 1 rings (SSSR count). The lowest BCUT2D eigenvalue weighted by Gasteiger charge is -2.25. The number of nitrogens with one attached hydrogen (secondary N) is 1. The molecule has 0 spiro atoms. The van der Waals surface area contributed by atoms with Crippen LogP contribution in [0, 0.1) is 0 Å². The molecule has 0 fully saturated rings. The summed E-state index contributed by atoms with van der Waals surface area (Å²) in [6, 6.07) is 1.91. The highest BCUT2D eigenvalue weighted by atomic mass is 16.4. The van der Waals surface area contributed by atoms with Crippen LogP contribution in [-0.4, -0.2) is 35.1 Å². The zero-order valence-electron chi connectivity index (χ0n) is 10.7. The first-order valence-corrected chi connectivity index (χ1v) is 5.76. The van der Waals surface area contributed by atoms with Crippen LogP contribution in [0.25, 0.3) is 0 Å². The monoisotopic (exact) mass is 254 g/mol. The largest absolute Gasteiger partial charge is 0.480 e. The first kappa shape index (κ1) is 14.1. The molecule has 2 N–H and O–H groups in total. The van der Waals surface area contributed by atoms with Crippen molar-refractivity contribution < 1.29 is 19.1 Å². The van der Waals surface area contributed by atoms with Gasteiger partial charge in [-0.15, -0.1) is 0 Å². The van der Waals surface area contributed by atoms with Gasteiger partial charge in [-0.05, 0) is 25.5 Å². The summed E-state index contributed by atoms with van der Waals surface area (Å²) in [4.78, 5) is 24.0. The molecule has 100 valence electrons. The fourth-order valence-corrected chi connectivity index (χ4v) is 1.65. The number of furan rings is 1. The Bertz CT molecular complexity index is 402. The fraction of sp³-hybridized carbons (Fsp3) is 0.500. The number of carbonyl (C=O) groups is 2.